The molecule has 4 rings (SSSR count). The zero-order valence-corrected chi connectivity index (χ0v) is 12.9. The van der Waals surface area contributed by atoms with Crippen molar-refractivity contribution in [3.63, 3.8) is 0 Å². The lowest BCUT2D eigenvalue weighted by atomic mass is 9.84. The number of aromatic amines is 2. The molecule has 0 bridgehead atoms. The lowest BCUT2D eigenvalue weighted by Crippen LogP contribution is -2.33. The Bertz CT molecular complexity index is 961. The van der Waals surface area contributed by atoms with Crippen LogP contribution in [0.1, 0.15) is 35.1 Å². The molecule has 2 atom stereocenters. The molecule has 5 heteroatoms. The number of H-pyrrole nitrogens is 2. The van der Waals surface area contributed by atoms with Crippen LogP contribution >= 0.6 is 0 Å². The molecule has 0 fully saturated rings. The van der Waals surface area contributed by atoms with E-state index in [4.69, 9.17) is 4.74 Å². The van der Waals surface area contributed by atoms with Gasteiger partial charge < -0.3 is 4.74 Å². The van der Waals surface area contributed by atoms with Gasteiger partial charge in [0.25, 0.3) is 5.56 Å². The van der Waals surface area contributed by atoms with Crippen LogP contribution in [0.4, 0.5) is 0 Å². The van der Waals surface area contributed by atoms with Crippen LogP contribution in [0, 0.1) is 0 Å². The molecule has 1 aliphatic heterocycles. The first kappa shape index (κ1) is 14.5. The minimum absolute atomic E-state index is 0.138. The number of hydrogen-bond acceptors (Lipinski definition) is 3. The van der Waals surface area contributed by atoms with Crippen LogP contribution in [0.15, 0.2) is 70.3 Å². The molecule has 0 unspecified atom stereocenters. The molecular weight excluding hydrogens is 304 g/mol. The second kappa shape index (κ2) is 5.85. The Kier molecular flexibility index (Phi) is 3.54. The average molecular weight is 320 g/mol. The second-order valence-electron chi connectivity index (χ2n) is 5.87. The third-order valence-corrected chi connectivity index (χ3v) is 4.38. The van der Waals surface area contributed by atoms with Crippen molar-refractivity contribution in [1.29, 1.82) is 0 Å². The molecule has 0 aliphatic carbocycles. The molecule has 2 aromatic carbocycles. The van der Waals surface area contributed by atoms with Gasteiger partial charge in [-0.15, -0.1) is 0 Å². The summed E-state index contributed by atoms with van der Waals surface area (Å²) in [5, 5.41) is 0. The highest BCUT2D eigenvalue weighted by molar-refractivity contribution is 5.39. The van der Waals surface area contributed by atoms with E-state index in [2.05, 4.69) is 9.97 Å². The van der Waals surface area contributed by atoms with Gasteiger partial charge in [-0.25, -0.2) is 4.79 Å². The monoisotopic (exact) mass is 320 g/mol. The van der Waals surface area contributed by atoms with E-state index in [-0.39, 0.29) is 17.9 Å². The quantitative estimate of drug-likeness (QED) is 0.762. The fourth-order valence-electron chi connectivity index (χ4n) is 3.27. The first-order valence-electron chi connectivity index (χ1n) is 7.85. The molecule has 1 aromatic heterocycles. The number of hydrogen-bond donors (Lipinski definition) is 2. The Labute approximate surface area is 138 Å². The third kappa shape index (κ3) is 2.54. The third-order valence-electron chi connectivity index (χ3n) is 4.38. The molecule has 120 valence electrons. The van der Waals surface area contributed by atoms with E-state index < -0.39 is 11.2 Å². The molecule has 3 aromatic rings. The van der Waals surface area contributed by atoms with Crippen molar-refractivity contribution in [3.8, 4) is 5.88 Å². The van der Waals surface area contributed by atoms with Crippen molar-refractivity contribution in [2.75, 3.05) is 0 Å². The highest BCUT2D eigenvalue weighted by Crippen LogP contribution is 2.41. The maximum atomic E-state index is 12.4. The molecule has 24 heavy (non-hydrogen) atoms. The van der Waals surface area contributed by atoms with Gasteiger partial charge in [-0.3, -0.25) is 14.8 Å². The molecule has 0 radical (unpaired) electrons. The van der Waals surface area contributed by atoms with Gasteiger partial charge in [0.2, 0.25) is 5.88 Å². The van der Waals surface area contributed by atoms with E-state index in [0.717, 1.165) is 11.1 Å². The van der Waals surface area contributed by atoms with Gasteiger partial charge in [0.05, 0.1) is 5.56 Å². The van der Waals surface area contributed by atoms with Crippen LogP contribution in [0.3, 0.4) is 0 Å². The Balaban J connectivity index is 1.87. The van der Waals surface area contributed by atoms with E-state index in [1.807, 2.05) is 60.7 Å². The molecule has 0 spiro atoms. The Hall–Kier alpha value is -3.08. The molecule has 0 amide bonds. The summed E-state index contributed by atoms with van der Waals surface area (Å²) in [4.78, 5) is 29.0. The largest absolute Gasteiger partial charge is 0.470 e. The lowest BCUT2D eigenvalue weighted by Gasteiger charge is -2.31. The zero-order chi connectivity index (χ0) is 16.5. The van der Waals surface area contributed by atoms with Crippen molar-refractivity contribution in [2.45, 2.75) is 18.4 Å². The predicted octanol–water partition coefficient (Wildman–Crippen LogP) is 2.72. The van der Waals surface area contributed by atoms with Crippen molar-refractivity contribution in [1.82, 2.24) is 9.97 Å². The summed E-state index contributed by atoms with van der Waals surface area (Å²) in [5.41, 5.74) is 1.58. The summed E-state index contributed by atoms with van der Waals surface area (Å²) in [6, 6.07) is 19.6. The molecule has 0 saturated heterocycles. The zero-order valence-electron chi connectivity index (χ0n) is 12.9. The fourth-order valence-corrected chi connectivity index (χ4v) is 3.27. The number of benzene rings is 2. The number of rotatable bonds is 2. The van der Waals surface area contributed by atoms with Crippen molar-refractivity contribution >= 4 is 0 Å². The van der Waals surface area contributed by atoms with Crippen molar-refractivity contribution in [2.24, 2.45) is 0 Å². The van der Waals surface area contributed by atoms with Gasteiger partial charge in [0.1, 0.15) is 6.10 Å². The number of fused-ring (bicyclic) bond motifs is 1. The maximum absolute atomic E-state index is 12.4. The number of ether oxygens (including phenoxy) is 1. The molecule has 2 N–H and O–H groups in total. The Morgan fingerprint density at radius 2 is 1.46 bits per heavy atom. The fraction of sp³-hybridized carbons (Fsp3) is 0.158. The first-order valence-corrected chi connectivity index (χ1v) is 7.85. The topological polar surface area (TPSA) is 75.0 Å². The standard InChI is InChI=1S/C19H16N2O3/c22-17-16-14(12-7-3-1-4-8-12)11-15(13-9-5-2-6-10-13)24-18(16)21-19(23)20-17/h1-10,14-15H,11H2,(H2,20,21,22,23)/t14-,15-/m1/s1. The van der Waals surface area contributed by atoms with Gasteiger partial charge in [0.15, 0.2) is 0 Å². The first-order chi connectivity index (χ1) is 11.7. The minimum atomic E-state index is -0.556. The van der Waals surface area contributed by atoms with E-state index >= 15 is 0 Å². The van der Waals surface area contributed by atoms with Gasteiger partial charge in [0, 0.05) is 5.92 Å². The van der Waals surface area contributed by atoms with Gasteiger partial charge >= 0.3 is 5.69 Å². The highest BCUT2D eigenvalue weighted by atomic mass is 16.5. The van der Waals surface area contributed by atoms with Gasteiger partial charge in [-0.2, -0.15) is 0 Å². The molecule has 1 aliphatic rings. The summed E-state index contributed by atoms with van der Waals surface area (Å²) >= 11 is 0. The summed E-state index contributed by atoms with van der Waals surface area (Å²) in [5.74, 6) is 0.124. The van der Waals surface area contributed by atoms with Crippen LogP contribution in [0.25, 0.3) is 0 Å². The maximum Gasteiger partial charge on any atom is 0.328 e. The summed E-state index contributed by atoms with van der Waals surface area (Å²) in [6.07, 6.45) is 0.414. The van der Waals surface area contributed by atoms with Gasteiger partial charge in [-0.05, 0) is 17.5 Å². The molecule has 0 saturated carbocycles. The van der Waals surface area contributed by atoms with Gasteiger partial charge in [-0.1, -0.05) is 60.7 Å². The number of nitrogens with one attached hydrogen (secondary N) is 2. The van der Waals surface area contributed by atoms with Crippen LogP contribution in [-0.4, -0.2) is 9.97 Å². The van der Waals surface area contributed by atoms with Crippen LogP contribution in [0.2, 0.25) is 0 Å². The van der Waals surface area contributed by atoms with E-state index in [1.165, 1.54) is 0 Å². The van der Waals surface area contributed by atoms with Crippen molar-refractivity contribution < 1.29 is 4.74 Å². The Morgan fingerprint density at radius 1 is 0.833 bits per heavy atom. The van der Waals surface area contributed by atoms with E-state index in [0.29, 0.717) is 12.0 Å². The summed E-state index contributed by atoms with van der Waals surface area (Å²) < 4.78 is 5.96. The summed E-state index contributed by atoms with van der Waals surface area (Å²) in [7, 11) is 0. The second-order valence-corrected chi connectivity index (χ2v) is 5.87. The average Bonchev–Trinajstić information content (AvgIpc) is 2.62. The minimum Gasteiger partial charge on any atom is -0.470 e. The predicted molar refractivity (Wildman–Crippen MR) is 90.4 cm³/mol. The van der Waals surface area contributed by atoms with E-state index in [9.17, 15) is 9.59 Å². The van der Waals surface area contributed by atoms with E-state index in [1.54, 1.807) is 0 Å². The molecule has 5 nitrogen and oxygen atoms in total. The number of aromatic nitrogens is 2. The highest BCUT2D eigenvalue weighted by Gasteiger charge is 2.33. The summed E-state index contributed by atoms with van der Waals surface area (Å²) in [6.45, 7) is 0. The smallest absolute Gasteiger partial charge is 0.328 e. The Morgan fingerprint density at radius 3 is 2.12 bits per heavy atom. The SMILES string of the molecule is O=c1[nH]c2c(c(=O)[nH]1)[C@@H](c1ccccc1)C[C@H](c1ccccc1)O2. The van der Waals surface area contributed by atoms with Crippen molar-refractivity contribution in [3.05, 3.63) is 98.2 Å². The van der Waals surface area contributed by atoms with Crippen LogP contribution in [-0.2, 0) is 0 Å². The molecular formula is C19H16N2O3. The lowest BCUT2D eigenvalue weighted by molar-refractivity contribution is 0.157. The molecule has 2 heterocycles. The van der Waals surface area contributed by atoms with Crippen LogP contribution < -0.4 is 16.0 Å². The van der Waals surface area contributed by atoms with Crippen LogP contribution in [0.5, 0.6) is 5.88 Å². The normalized spacial score (nSPS) is 19.3.